The van der Waals surface area contributed by atoms with Crippen molar-refractivity contribution >= 4 is 17.7 Å². The number of benzene rings is 1. The van der Waals surface area contributed by atoms with Crippen molar-refractivity contribution in [2.75, 3.05) is 12.8 Å². The topological polar surface area (TPSA) is 91.1 Å². The van der Waals surface area contributed by atoms with E-state index in [0.29, 0.717) is 30.5 Å². The zero-order valence-corrected chi connectivity index (χ0v) is 16.6. The highest BCUT2D eigenvalue weighted by molar-refractivity contribution is 7.98. The van der Waals surface area contributed by atoms with E-state index in [-0.39, 0.29) is 0 Å². The van der Waals surface area contributed by atoms with Crippen LogP contribution in [-0.4, -0.2) is 33.9 Å². The smallest absolute Gasteiger partial charge is 0.216 e. The van der Waals surface area contributed by atoms with Gasteiger partial charge in [-0.1, -0.05) is 12.1 Å². The first kappa shape index (κ1) is 19.0. The number of hydrogen-bond donors (Lipinski definition) is 3. The third kappa shape index (κ3) is 5.13. The molecule has 0 saturated carbocycles. The first-order valence-electron chi connectivity index (χ1n) is 8.80. The molecule has 0 unspecified atom stereocenters. The van der Waals surface area contributed by atoms with E-state index in [1.165, 1.54) is 16.0 Å². The molecule has 0 radical (unpaired) electrons. The van der Waals surface area contributed by atoms with Gasteiger partial charge in [-0.2, -0.15) is 0 Å². The van der Waals surface area contributed by atoms with Gasteiger partial charge in [0.2, 0.25) is 5.82 Å². The molecule has 0 aliphatic rings. The van der Waals surface area contributed by atoms with E-state index in [2.05, 4.69) is 57.2 Å². The Balaban J connectivity index is 1.64. The maximum Gasteiger partial charge on any atom is 0.216 e. The van der Waals surface area contributed by atoms with Crippen molar-refractivity contribution < 1.29 is 4.42 Å². The Morgan fingerprint density at radius 3 is 2.93 bits per heavy atom. The van der Waals surface area contributed by atoms with E-state index in [4.69, 9.17) is 9.41 Å². The van der Waals surface area contributed by atoms with E-state index in [0.717, 1.165) is 12.5 Å². The predicted octanol–water partition coefficient (Wildman–Crippen LogP) is 3.35. The van der Waals surface area contributed by atoms with Crippen LogP contribution in [0.1, 0.15) is 23.9 Å². The fourth-order valence-electron chi connectivity index (χ4n) is 2.55. The summed E-state index contributed by atoms with van der Waals surface area (Å²) in [5.74, 6) is 2.64. The number of nitrogens with one attached hydrogen (secondary N) is 3. The van der Waals surface area contributed by atoms with Crippen molar-refractivity contribution in [3.05, 3.63) is 53.5 Å². The zero-order chi connectivity index (χ0) is 19.1. The Morgan fingerprint density at radius 2 is 2.19 bits per heavy atom. The summed E-state index contributed by atoms with van der Waals surface area (Å²) in [6.07, 6.45) is 3.69. The van der Waals surface area contributed by atoms with E-state index in [1.807, 2.05) is 19.1 Å². The molecule has 0 aliphatic heterocycles. The maximum atomic E-state index is 5.31. The third-order valence-corrected chi connectivity index (χ3v) is 4.71. The predicted molar refractivity (Wildman–Crippen MR) is 109 cm³/mol. The number of H-pyrrole nitrogens is 1. The van der Waals surface area contributed by atoms with E-state index in [1.54, 1.807) is 18.0 Å². The average Bonchev–Trinajstić information content (AvgIpc) is 3.36. The quantitative estimate of drug-likeness (QED) is 0.329. The number of aryl methyl sites for hydroxylation is 1. The van der Waals surface area contributed by atoms with Crippen molar-refractivity contribution in [3.8, 4) is 11.6 Å². The molecule has 7 nitrogen and oxygen atoms in total. The molecule has 3 rings (SSSR count). The van der Waals surface area contributed by atoms with Crippen LogP contribution in [0.3, 0.4) is 0 Å². The third-order valence-electron chi connectivity index (χ3n) is 3.89. The van der Waals surface area contributed by atoms with Gasteiger partial charge in [-0.25, -0.2) is 9.98 Å². The average molecular weight is 385 g/mol. The van der Waals surface area contributed by atoms with E-state index >= 15 is 0 Å². The minimum Gasteiger partial charge on any atom is -0.461 e. The maximum absolute atomic E-state index is 5.31. The number of aromatic nitrogens is 3. The van der Waals surface area contributed by atoms with Crippen LogP contribution < -0.4 is 10.6 Å². The largest absolute Gasteiger partial charge is 0.461 e. The highest BCUT2D eigenvalue weighted by Gasteiger charge is 2.09. The molecule has 0 aliphatic carbocycles. The first-order valence-corrected chi connectivity index (χ1v) is 10.0. The highest BCUT2D eigenvalue weighted by atomic mass is 32.2. The summed E-state index contributed by atoms with van der Waals surface area (Å²) in [5.41, 5.74) is 2.47. The number of aliphatic imine (C=N–C) groups is 1. The molecule has 1 aromatic carbocycles. The minimum absolute atomic E-state index is 0.489. The molecule has 0 fully saturated rings. The minimum atomic E-state index is 0.489. The second-order valence-electron chi connectivity index (χ2n) is 5.95. The molecule has 2 heterocycles. The van der Waals surface area contributed by atoms with Crippen LogP contribution >= 0.6 is 11.8 Å². The number of thioether (sulfide) groups is 1. The van der Waals surface area contributed by atoms with Gasteiger partial charge in [0.25, 0.3) is 0 Å². The normalized spacial score (nSPS) is 11.6. The van der Waals surface area contributed by atoms with Crippen molar-refractivity contribution in [1.29, 1.82) is 0 Å². The molecule has 0 spiro atoms. The van der Waals surface area contributed by atoms with Crippen LogP contribution in [0.4, 0.5) is 0 Å². The summed E-state index contributed by atoms with van der Waals surface area (Å²) in [6.45, 7) is 6.03. The fraction of sp³-hybridized carbons (Fsp3) is 0.316. The monoisotopic (exact) mass is 384 g/mol. The lowest BCUT2D eigenvalue weighted by molar-refractivity contribution is 0.577. The number of nitrogens with zero attached hydrogens (tertiary/aromatic N) is 3. The number of furan rings is 1. The standard InChI is InChI=1S/C19H24N6OS/c1-4-20-19(21-11-14-8-7-13(2)10-16(14)27-3)22-12-17-23-18(25-24-17)15-6-5-9-26-15/h5-10H,4,11-12H2,1-3H3,(H2,20,21,22)(H,23,24,25). The van der Waals surface area contributed by atoms with E-state index in [9.17, 15) is 0 Å². The van der Waals surface area contributed by atoms with Gasteiger partial charge in [0.05, 0.1) is 19.4 Å². The van der Waals surface area contributed by atoms with Crippen LogP contribution in [0.2, 0.25) is 0 Å². The van der Waals surface area contributed by atoms with Crippen LogP contribution in [-0.2, 0) is 13.1 Å². The zero-order valence-electron chi connectivity index (χ0n) is 15.7. The van der Waals surface area contributed by atoms with Crippen LogP contribution in [0, 0.1) is 6.92 Å². The summed E-state index contributed by atoms with van der Waals surface area (Å²) in [5, 5.41) is 13.6. The van der Waals surface area contributed by atoms with Gasteiger partial charge < -0.3 is 15.1 Å². The van der Waals surface area contributed by atoms with Gasteiger partial charge >= 0.3 is 0 Å². The Bertz CT molecular complexity index is 888. The summed E-state index contributed by atoms with van der Waals surface area (Å²) in [4.78, 5) is 10.4. The number of guanidine groups is 1. The molecular formula is C19H24N6OS. The molecule has 0 bridgehead atoms. The summed E-state index contributed by atoms with van der Waals surface area (Å²) >= 11 is 1.74. The summed E-state index contributed by atoms with van der Waals surface area (Å²) in [6, 6.07) is 10.1. The van der Waals surface area contributed by atoms with Gasteiger partial charge in [0.1, 0.15) is 5.82 Å². The Labute approximate surface area is 163 Å². The molecule has 142 valence electrons. The molecule has 2 aromatic heterocycles. The Kier molecular flexibility index (Phi) is 6.54. The van der Waals surface area contributed by atoms with Gasteiger partial charge in [0.15, 0.2) is 11.7 Å². The lowest BCUT2D eigenvalue weighted by Crippen LogP contribution is -2.37. The lowest BCUT2D eigenvalue weighted by atomic mass is 10.1. The second-order valence-corrected chi connectivity index (χ2v) is 6.80. The van der Waals surface area contributed by atoms with Gasteiger partial charge in [0, 0.05) is 11.4 Å². The number of hydrogen-bond acceptors (Lipinski definition) is 5. The molecule has 8 heteroatoms. The Hall–Kier alpha value is -2.74. The molecule has 3 N–H and O–H groups in total. The van der Waals surface area contributed by atoms with Gasteiger partial charge in [-0.15, -0.1) is 16.9 Å². The van der Waals surface area contributed by atoms with Gasteiger partial charge in [-0.3, -0.25) is 5.10 Å². The second kappa shape index (κ2) is 9.27. The number of aromatic amines is 1. The van der Waals surface area contributed by atoms with E-state index < -0.39 is 0 Å². The molecule has 0 saturated heterocycles. The van der Waals surface area contributed by atoms with Crippen molar-refractivity contribution in [3.63, 3.8) is 0 Å². The van der Waals surface area contributed by atoms with Crippen molar-refractivity contribution in [1.82, 2.24) is 25.8 Å². The first-order chi connectivity index (χ1) is 13.2. The van der Waals surface area contributed by atoms with Crippen LogP contribution in [0.5, 0.6) is 0 Å². The molecule has 0 amide bonds. The summed E-state index contributed by atoms with van der Waals surface area (Å²) in [7, 11) is 0. The Morgan fingerprint density at radius 1 is 1.30 bits per heavy atom. The van der Waals surface area contributed by atoms with Gasteiger partial charge in [-0.05, 0) is 49.4 Å². The summed E-state index contributed by atoms with van der Waals surface area (Å²) < 4.78 is 5.31. The van der Waals surface area contributed by atoms with Crippen LogP contribution in [0.15, 0.2) is 50.9 Å². The highest BCUT2D eigenvalue weighted by Crippen LogP contribution is 2.22. The SMILES string of the molecule is CCNC(=NCc1ccc(C)cc1SC)NCc1nc(-c2ccco2)n[nH]1. The fourth-order valence-corrected chi connectivity index (χ4v) is 3.24. The van der Waals surface area contributed by atoms with Crippen molar-refractivity contribution in [2.45, 2.75) is 31.8 Å². The molecular weight excluding hydrogens is 360 g/mol. The molecule has 27 heavy (non-hydrogen) atoms. The van der Waals surface area contributed by atoms with Crippen molar-refractivity contribution in [2.24, 2.45) is 4.99 Å². The van der Waals surface area contributed by atoms with Crippen LogP contribution in [0.25, 0.3) is 11.6 Å². The lowest BCUT2D eigenvalue weighted by Gasteiger charge is -2.11. The number of rotatable bonds is 7. The molecule has 0 atom stereocenters. The molecule has 3 aromatic rings.